The number of hydrogen-bond donors (Lipinski definition) is 1. The zero-order chi connectivity index (χ0) is 14.7. The second-order valence-electron chi connectivity index (χ2n) is 5.79. The standard InChI is InChI=1S/C14H19ClF3N/c1-13(2,3)8-10(15)9-19-12-7-5-4-6-11(12)14(16,17)18/h4-7,10,19H,8-9H2,1-3H3. The smallest absolute Gasteiger partial charge is 0.383 e. The first-order chi connectivity index (χ1) is 8.59. The molecular formula is C14H19ClF3N. The van der Waals surface area contributed by atoms with Gasteiger partial charge in [-0.15, -0.1) is 11.6 Å². The summed E-state index contributed by atoms with van der Waals surface area (Å²) in [6, 6.07) is 5.44. The van der Waals surface area contributed by atoms with E-state index in [1.54, 1.807) is 6.07 Å². The van der Waals surface area contributed by atoms with Crippen molar-refractivity contribution in [1.82, 2.24) is 0 Å². The number of halogens is 4. The number of benzene rings is 1. The van der Waals surface area contributed by atoms with E-state index in [1.807, 2.05) is 20.8 Å². The predicted octanol–water partition coefficient (Wildman–Crippen LogP) is 5.16. The van der Waals surface area contributed by atoms with Crippen LogP contribution in [0.2, 0.25) is 0 Å². The summed E-state index contributed by atoms with van der Waals surface area (Å²) in [6.07, 6.45) is -3.62. The largest absolute Gasteiger partial charge is 0.418 e. The van der Waals surface area contributed by atoms with Crippen LogP contribution in [0.1, 0.15) is 32.8 Å². The van der Waals surface area contributed by atoms with Crippen molar-refractivity contribution in [3.05, 3.63) is 29.8 Å². The average Bonchev–Trinajstić information content (AvgIpc) is 2.23. The molecule has 1 nitrogen and oxygen atoms in total. The lowest BCUT2D eigenvalue weighted by Crippen LogP contribution is -2.22. The van der Waals surface area contributed by atoms with Gasteiger partial charge in [-0.05, 0) is 24.0 Å². The Morgan fingerprint density at radius 2 is 1.74 bits per heavy atom. The molecule has 1 aromatic carbocycles. The summed E-state index contributed by atoms with van der Waals surface area (Å²) in [5.41, 5.74) is -0.526. The number of para-hydroxylation sites is 1. The summed E-state index contributed by atoms with van der Waals surface area (Å²) in [4.78, 5) is 0. The molecule has 1 N–H and O–H groups in total. The fraction of sp³-hybridized carbons (Fsp3) is 0.571. The van der Waals surface area contributed by atoms with E-state index in [4.69, 9.17) is 11.6 Å². The van der Waals surface area contributed by atoms with Gasteiger partial charge in [-0.2, -0.15) is 13.2 Å². The number of hydrogen-bond acceptors (Lipinski definition) is 1. The van der Waals surface area contributed by atoms with Crippen LogP contribution in [0, 0.1) is 5.41 Å². The van der Waals surface area contributed by atoms with E-state index in [0.717, 1.165) is 12.5 Å². The molecule has 1 atom stereocenters. The highest BCUT2D eigenvalue weighted by molar-refractivity contribution is 6.20. The molecule has 5 heteroatoms. The maximum Gasteiger partial charge on any atom is 0.418 e. The summed E-state index contributed by atoms with van der Waals surface area (Å²) in [5.74, 6) is 0. The van der Waals surface area contributed by atoms with Crippen molar-refractivity contribution < 1.29 is 13.2 Å². The van der Waals surface area contributed by atoms with Crippen LogP contribution in [0.25, 0.3) is 0 Å². The van der Waals surface area contributed by atoms with Crippen LogP contribution in [0.4, 0.5) is 18.9 Å². The van der Waals surface area contributed by atoms with Gasteiger partial charge in [0.15, 0.2) is 0 Å². The molecule has 0 bridgehead atoms. The van der Waals surface area contributed by atoms with Crippen LogP contribution in [0.3, 0.4) is 0 Å². The third-order valence-electron chi connectivity index (χ3n) is 2.58. The van der Waals surface area contributed by atoms with Gasteiger partial charge in [-0.1, -0.05) is 32.9 Å². The van der Waals surface area contributed by atoms with Gasteiger partial charge in [0.05, 0.1) is 10.9 Å². The molecule has 108 valence electrons. The lowest BCUT2D eigenvalue weighted by atomic mass is 9.90. The van der Waals surface area contributed by atoms with E-state index >= 15 is 0 Å². The molecule has 0 spiro atoms. The molecule has 0 aromatic heterocycles. The highest BCUT2D eigenvalue weighted by Crippen LogP contribution is 2.34. The molecule has 1 unspecified atom stereocenters. The molecule has 0 aliphatic heterocycles. The number of rotatable bonds is 4. The van der Waals surface area contributed by atoms with Gasteiger partial charge in [0, 0.05) is 12.2 Å². The van der Waals surface area contributed by atoms with E-state index in [0.29, 0.717) is 6.54 Å². The Morgan fingerprint density at radius 3 is 2.26 bits per heavy atom. The Labute approximate surface area is 117 Å². The van der Waals surface area contributed by atoms with Gasteiger partial charge >= 0.3 is 6.18 Å². The average molecular weight is 294 g/mol. The molecule has 0 aliphatic carbocycles. The Balaban J connectivity index is 2.68. The van der Waals surface area contributed by atoms with E-state index < -0.39 is 11.7 Å². The molecule has 0 fully saturated rings. The summed E-state index contributed by atoms with van der Waals surface area (Å²) >= 11 is 6.14. The molecular weight excluding hydrogens is 275 g/mol. The normalized spacial score (nSPS) is 14.3. The highest BCUT2D eigenvalue weighted by Gasteiger charge is 2.33. The Hall–Kier alpha value is -0.900. The zero-order valence-electron chi connectivity index (χ0n) is 11.3. The maximum atomic E-state index is 12.8. The van der Waals surface area contributed by atoms with E-state index in [-0.39, 0.29) is 16.5 Å². The Kier molecular flexibility index (Phi) is 5.13. The van der Waals surface area contributed by atoms with Crippen molar-refractivity contribution in [3.63, 3.8) is 0 Å². The first-order valence-corrected chi connectivity index (χ1v) is 6.57. The zero-order valence-corrected chi connectivity index (χ0v) is 12.1. The fourth-order valence-electron chi connectivity index (χ4n) is 1.84. The minimum atomic E-state index is -4.35. The monoisotopic (exact) mass is 293 g/mol. The first-order valence-electron chi connectivity index (χ1n) is 6.14. The van der Waals surface area contributed by atoms with Crippen LogP contribution in [-0.2, 0) is 6.18 Å². The number of alkyl halides is 4. The lowest BCUT2D eigenvalue weighted by Gasteiger charge is -2.23. The highest BCUT2D eigenvalue weighted by atomic mass is 35.5. The van der Waals surface area contributed by atoms with Crippen molar-refractivity contribution in [1.29, 1.82) is 0 Å². The van der Waals surface area contributed by atoms with E-state index in [9.17, 15) is 13.2 Å². The van der Waals surface area contributed by atoms with Gasteiger partial charge < -0.3 is 5.32 Å². The summed E-state index contributed by atoms with van der Waals surface area (Å²) in [7, 11) is 0. The quantitative estimate of drug-likeness (QED) is 0.756. The first kappa shape index (κ1) is 16.2. The van der Waals surface area contributed by atoms with Crippen molar-refractivity contribution in [2.24, 2.45) is 5.41 Å². The topological polar surface area (TPSA) is 12.0 Å². The third kappa shape index (κ3) is 5.72. The van der Waals surface area contributed by atoms with E-state index in [2.05, 4.69) is 5.32 Å². The van der Waals surface area contributed by atoms with Crippen LogP contribution >= 0.6 is 11.6 Å². The second-order valence-corrected chi connectivity index (χ2v) is 6.40. The molecule has 0 saturated carbocycles. The van der Waals surface area contributed by atoms with Crippen LogP contribution in [-0.4, -0.2) is 11.9 Å². The van der Waals surface area contributed by atoms with Crippen LogP contribution in [0.5, 0.6) is 0 Å². The third-order valence-corrected chi connectivity index (χ3v) is 2.89. The van der Waals surface area contributed by atoms with Crippen molar-refractivity contribution in [3.8, 4) is 0 Å². The van der Waals surface area contributed by atoms with E-state index in [1.165, 1.54) is 12.1 Å². The summed E-state index contributed by atoms with van der Waals surface area (Å²) in [6.45, 7) is 6.45. The number of nitrogens with one attached hydrogen (secondary N) is 1. The molecule has 0 aliphatic rings. The summed E-state index contributed by atoms with van der Waals surface area (Å²) in [5, 5.41) is 2.58. The van der Waals surface area contributed by atoms with Crippen LogP contribution < -0.4 is 5.32 Å². The Morgan fingerprint density at radius 1 is 1.16 bits per heavy atom. The molecule has 1 rings (SSSR count). The van der Waals surface area contributed by atoms with Gasteiger partial charge in [-0.3, -0.25) is 0 Å². The minimum absolute atomic E-state index is 0.0532. The van der Waals surface area contributed by atoms with Gasteiger partial charge in [0.25, 0.3) is 0 Å². The van der Waals surface area contributed by atoms with Crippen molar-refractivity contribution in [2.75, 3.05) is 11.9 Å². The molecule has 0 amide bonds. The maximum absolute atomic E-state index is 12.8. The molecule has 1 aromatic rings. The minimum Gasteiger partial charge on any atom is -0.383 e. The van der Waals surface area contributed by atoms with Gasteiger partial charge in [0.1, 0.15) is 0 Å². The fourth-order valence-corrected chi connectivity index (χ4v) is 2.38. The molecule has 19 heavy (non-hydrogen) atoms. The SMILES string of the molecule is CC(C)(C)CC(Cl)CNc1ccccc1C(F)(F)F. The summed E-state index contributed by atoms with van der Waals surface area (Å²) < 4.78 is 38.3. The predicted molar refractivity (Wildman–Crippen MR) is 73.6 cm³/mol. The lowest BCUT2D eigenvalue weighted by molar-refractivity contribution is -0.136. The molecule has 0 radical (unpaired) electrons. The Bertz CT molecular complexity index is 410. The molecule has 0 heterocycles. The van der Waals surface area contributed by atoms with Crippen molar-refractivity contribution >= 4 is 17.3 Å². The number of anilines is 1. The second kappa shape index (κ2) is 6.04. The van der Waals surface area contributed by atoms with Gasteiger partial charge in [-0.25, -0.2) is 0 Å². The molecule has 0 saturated heterocycles. The van der Waals surface area contributed by atoms with Crippen LogP contribution in [0.15, 0.2) is 24.3 Å². The van der Waals surface area contributed by atoms with Crippen molar-refractivity contribution in [2.45, 2.75) is 38.7 Å². The van der Waals surface area contributed by atoms with Gasteiger partial charge in [0.2, 0.25) is 0 Å².